The first kappa shape index (κ1) is 17.5. The fourth-order valence-corrected chi connectivity index (χ4v) is 3.21. The number of nitrogens with zero attached hydrogens (tertiary/aromatic N) is 2. The molecule has 0 saturated carbocycles. The van der Waals surface area contributed by atoms with Gasteiger partial charge >= 0.3 is 0 Å². The van der Waals surface area contributed by atoms with E-state index in [-0.39, 0.29) is 5.91 Å². The monoisotopic (exact) mass is 349 g/mol. The zero-order chi connectivity index (χ0) is 18.7. The predicted molar refractivity (Wildman–Crippen MR) is 95.0 cm³/mol. The minimum Gasteiger partial charge on any atom is -0.481 e. The molecule has 3 rings (SSSR count). The number of benzene rings is 2. The molecule has 1 heterocycles. The molecule has 2 N–H and O–H groups in total. The number of hydrogen-bond donors (Lipinski definition) is 1. The number of primary amides is 1. The quantitative estimate of drug-likeness (QED) is 0.912. The summed E-state index contributed by atoms with van der Waals surface area (Å²) in [5.74, 6) is -0.373. The van der Waals surface area contributed by atoms with Crippen LogP contribution in [-0.4, -0.2) is 29.4 Å². The van der Waals surface area contributed by atoms with Crippen molar-refractivity contribution in [2.45, 2.75) is 25.5 Å². The fraction of sp³-hybridized carbons (Fsp3) is 0.250. The Labute approximate surface area is 151 Å². The van der Waals surface area contributed by atoms with Crippen molar-refractivity contribution in [2.75, 3.05) is 6.54 Å². The maximum atomic E-state index is 12.9. The lowest BCUT2D eigenvalue weighted by atomic mass is 9.92. The number of nitrogens with two attached hydrogens (primary N) is 1. The summed E-state index contributed by atoms with van der Waals surface area (Å²) in [6.07, 6.45) is -0.120. The van der Waals surface area contributed by atoms with Crippen LogP contribution in [0, 0.1) is 11.3 Å². The molecular formula is C20H19N3O3. The summed E-state index contributed by atoms with van der Waals surface area (Å²) >= 11 is 0. The van der Waals surface area contributed by atoms with Crippen molar-refractivity contribution in [1.29, 1.82) is 5.26 Å². The van der Waals surface area contributed by atoms with E-state index in [2.05, 4.69) is 0 Å². The number of nitriles is 1. The number of hydrogen-bond acceptors (Lipinski definition) is 4. The lowest BCUT2D eigenvalue weighted by molar-refractivity contribution is -0.145. The van der Waals surface area contributed by atoms with E-state index < -0.39 is 18.1 Å². The SMILES string of the molecule is C[C@@H](Oc1ccc(C#N)cc1)C(=O)N1CCc2ccccc2[C@H]1C(N)=O. The fourth-order valence-electron chi connectivity index (χ4n) is 3.21. The van der Waals surface area contributed by atoms with E-state index in [1.54, 1.807) is 31.2 Å². The molecule has 2 aromatic rings. The highest BCUT2D eigenvalue weighted by molar-refractivity contribution is 5.90. The minimum absolute atomic E-state index is 0.298. The first-order chi connectivity index (χ1) is 12.5. The number of ether oxygens (including phenoxy) is 1. The summed E-state index contributed by atoms with van der Waals surface area (Å²) in [4.78, 5) is 26.4. The van der Waals surface area contributed by atoms with Crippen molar-refractivity contribution in [1.82, 2.24) is 4.90 Å². The Morgan fingerprint density at radius 1 is 1.23 bits per heavy atom. The third-order valence-electron chi connectivity index (χ3n) is 4.48. The molecule has 2 amide bonds. The second-order valence-corrected chi connectivity index (χ2v) is 6.18. The van der Waals surface area contributed by atoms with Crippen LogP contribution in [0.25, 0.3) is 0 Å². The Morgan fingerprint density at radius 3 is 2.58 bits per heavy atom. The van der Waals surface area contributed by atoms with Crippen molar-refractivity contribution in [3.63, 3.8) is 0 Å². The molecule has 0 unspecified atom stereocenters. The molecule has 2 atom stereocenters. The maximum absolute atomic E-state index is 12.9. The molecule has 6 heteroatoms. The average Bonchev–Trinajstić information content (AvgIpc) is 2.66. The van der Waals surface area contributed by atoms with E-state index >= 15 is 0 Å². The molecule has 0 fully saturated rings. The highest BCUT2D eigenvalue weighted by Crippen LogP contribution is 2.30. The first-order valence-corrected chi connectivity index (χ1v) is 8.35. The average molecular weight is 349 g/mol. The van der Waals surface area contributed by atoms with Gasteiger partial charge < -0.3 is 15.4 Å². The molecule has 0 saturated heterocycles. The van der Waals surface area contributed by atoms with Crippen LogP contribution in [0.15, 0.2) is 48.5 Å². The number of carbonyl (C=O) groups is 2. The van der Waals surface area contributed by atoms with Crippen LogP contribution in [0.3, 0.4) is 0 Å². The summed E-state index contributed by atoms with van der Waals surface area (Å²) in [6.45, 7) is 2.05. The van der Waals surface area contributed by atoms with E-state index in [0.717, 1.165) is 11.1 Å². The molecule has 0 aliphatic carbocycles. The van der Waals surface area contributed by atoms with Crippen LogP contribution in [0.4, 0.5) is 0 Å². The summed E-state index contributed by atoms with van der Waals surface area (Å²) in [7, 11) is 0. The third kappa shape index (κ3) is 3.38. The minimum atomic E-state index is -0.792. The van der Waals surface area contributed by atoms with Crippen LogP contribution in [0.1, 0.15) is 29.7 Å². The summed E-state index contributed by atoms with van der Waals surface area (Å²) < 4.78 is 5.69. The molecule has 0 bridgehead atoms. The van der Waals surface area contributed by atoms with E-state index in [4.69, 9.17) is 15.7 Å². The molecule has 6 nitrogen and oxygen atoms in total. The van der Waals surface area contributed by atoms with Gasteiger partial charge in [-0.3, -0.25) is 9.59 Å². The molecule has 132 valence electrons. The van der Waals surface area contributed by atoms with Gasteiger partial charge in [0.15, 0.2) is 6.10 Å². The molecular weight excluding hydrogens is 330 g/mol. The van der Waals surface area contributed by atoms with Crippen molar-refractivity contribution < 1.29 is 14.3 Å². The van der Waals surface area contributed by atoms with Gasteiger partial charge in [0.25, 0.3) is 5.91 Å². The normalized spacial score (nSPS) is 16.9. The van der Waals surface area contributed by atoms with Crippen LogP contribution >= 0.6 is 0 Å². The number of fused-ring (bicyclic) bond motifs is 1. The Hall–Kier alpha value is -3.33. The largest absolute Gasteiger partial charge is 0.481 e. The van der Waals surface area contributed by atoms with Crippen LogP contribution in [0.5, 0.6) is 5.75 Å². The van der Waals surface area contributed by atoms with Gasteiger partial charge in [-0.25, -0.2) is 0 Å². The van der Waals surface area contributed by atoms with Gasteiger partial charge in [-0.15, -0.1) is 0 Å². The van der Waals surface area contributed by atoms with E-state index in [0.29, 0.717) is 24.3 Å². The molecule has 1 aliphatic rings. The number of carbonyl (C=O) groups excluding carboxylic acids is 2. The second kappa shape index (κ2) is 7.28. The second-order valence-electron chi connectivity index (χ2n) is 6.18. The van der Waals surface area contributed by atoms with Crippen molar-refractivity contribution in [3.8, 4) is 11.8 Å². The standard InChI is InChI=1S/C20H19N3O3/c1-13(26-16-8-6-14(12-21)7-9-16)20(25)23-11-10-15-4-2-3-5-17(15)18(23)19(22)24/h2-9,13,18H,10-11H2,1H3,(H2,22,24)/t13-,18+/m1/s1. The molecule has 0 spiro atoms. The Kier molecular flexibility index (Phi) is 4.90. The van der Waals surface area contributed by atoms with Crippen LogP contribution < -0.4 is 10.5 Å². The van der Waals surface area contributed by atoms with E-state index in [1.165, 1.54) is 4.90 Å². The highest BCUT2D eigenvalue weighted by atomic mass is 16.5. The zero-order valence-electron chi connectivity index (χ0n) is 14.4. The van der Waals surface area contributed by atoms with Gasteiger partial charge in [0.2, 0.25) is 5.91 Å². The lowest BCUT2D eigenvalue weighted by Gasteiger charge is -2.36. The Morgan fingerprint density at radius 2 is 1.92 bits per heavy atom. The molecule has 0 radical (unpaired) electrons. The number of rotatable bonds is 4. The van der Waals surface area contributed by atoms with Crippen LogP contribution in [0.2, 0.25) is 0 Å². The van der Waals surface area contributed by atoms with Gasteiger partial charge in [0.05, 0.1) is 11.6 Å². The van der Waals surface area contributed by atoms with E-state index in [1.807, 2.05) is 30.3 Å². The van der Waals surface area contributed by atoms with Crippen molar-refractivity contribution in [3.05, 3.63) is 65.2 Å². The molecule has 1 aliphatic heterocycles. The summed E-state index contributed by atoms with van der Waals surface area (Å²) in [6, 6.07) is 15.3. The smallest absolute Gasteiger partial charge is 0.264 e. The highest BCUT2D eigenvalue weighted by Gasteiger charge is 2.36. The van der Waals surface area contributed by atoms with Gasteiger partial charge in [0.1, 0.15) is 11.8 Å². The number of amides is 2. The molecule has 26 heavy (non-hydrogen) atoms. The lowest BCUT2D eigenvalue weighted by Crippen LogP contribution is -2.49. The Bertz CT molecular complexity index is 871. The van der Waals surface area contributed by atoms with Crippen molar-refractivity contribution in [2.24, 2.45) is 5.73 Å². The van der Waals surface area contributed by atoms with Gasteiger partial charge in [-0.05, 0) is 48.7 Å². The summed E-state index contributed by atoms with van der Waals surface area (Å²) in [5.41, 5.74) is 7.90. The topological polar surface area (TPSA) is 96.4 Å². The Balaban J connectivity index is 1.79. The van der Waals surface area contributed by atoms with Crippen molar-refractivity contribution >= 4 is 11.8 Å². The molecule has 0 aromatic heterocycles. The first-order valence-electron chi connectivity index (χ1n) is 8.35. The predicted octanol–water partition coefficient (Wildman–Crippen LogP) is 1.94. The van der Waals surface area contributed by atoms with Gasteiger partial charge in [0, 0.05) is 6.54 Å². The summed E-state index contributed by atoms with van der Waals surface area (Å²) in [5, 5.41) is 8.83. The molecule has 2 aromatic carbocycles. The van der Waals surface area contributed by atoms with Gasteiger partial charge in [-0.2, -0.15) is 5.26 Å². The van der Waals surface area contributed by atoms with E-state index in [9.17, 15) is 9.59 Å². The maximum Gasteiger partial charge on any atom is 0.264 e. The van der Waals surface area contributed by atoms with Crippen LogP contribution in [-0.2, 0) is 16.0 Å². The zero-order valence-corrected chi connectivity index (χ0v) is 14.4. The third-order valence-corrected chi connectivity index (χ3v) is 4.48. The van der Waals surface area contributed by atoms with Gasteiger partial charge in [-0.1, -0.05) is 24.3 Å².